The van der Waals surface area contributed by atoms with E-state index < -0.39 is 0 Å². The lowest BCUT2D eigenvalue weighted by molar-refractivity contribution is 0.349. The summed E-state index contributed by atoms with van der Waals surface area (Å²) >= 11 is 0. The predicted molar refractivity (Wildman–Crippen MR) is 55.8 cm³/mol. The molecule has 0 bridgehead atoms. The topological polar surface area (TPSA) is 12.0 Å². The molecule has 2 rings (SSSR count). The normalized spacial score (nSPS) is 27.6. The van der Waals surface area contributed by atoms with E-state index in [4.69, 9.17) is 0 Å². The Morgan fingerprint density at radius 1 is 1.43 bits per heavy atom. The van der Waals surface area contributed by atoms with Crippen LogP contribution in [0.1, 0.15) is 24.8 Å². The van der Waals surface area contributed by atoms with Crippen LogP contribution in [0.25, 0.3) is 0 Å². The van der Waals surface area contributed by atoms with Gasteiger partial charge < -0.3 is 5.32 Å². The van der Waals surface area contributed by atoms with Crippen molar-refractivity contribution in [1.82, 2.24) is 5.32 Å². The SMILES string of the molecule is CC1CNCCC1c1cccc(F)c1. The Bertz CT molecular complexity index is 311. The van der Waals surface area contributed by atoms with Gasteiger partial charge >= 0.3 is 0 Å². The summed E-state index contributed by atoms with van der Waals surface area (Å²) < 4.78 is 13.0. The number of piperidine rings is 1. The third kappa shape index (κ3) is 1.95. The van der Waals surface area contributed by atoms with E-state index in [1.807, 2.05) is 6.07 Å². The smallest absolute Gasteiger partial charge is 0.123 e. The number of benzene rings is 1. The van der Waals surface area contributed by atoms with Crippen molar-refractivity contribution in [2.24, 2.45) is 5.92 Å². The van der Waals surface area contributed by atoms with Gasteiger partial charge in [0, 0.05) is 0 Å². The van der Waals surface area contributed by atoms with Gasteiger partial charge in [0.2, 0.25) is 0 Å². The third-order valence-corrected chi connectivity index (χ3v) is 3.06. The van der Waals surface area contributed by atoms with Crippen molar-refractivity contribution in [3.8, 4) is 0 Å². The van der Waals surface area contributed by atoms with Crippen molar-refractivity contribution < 1.29 is 4.39 Å². The number of rotatable bonds is 1. The molecular weight excluding hydrogens is 177 g/mol. The second kappa shape index (κ2) is 4.09. The van der Waals surface area contributed by atoms with E-state index in [0.29, 0.717) is 11.8 Å². The lowest BCUT2D eigenvalue weighted by atomic mass is 9.82. The van der Waals surface area contributed by atoms with E-state index in [2.05, 4.69) is 12.2 Å². The van der Waals surface area contributed by atoms with Crippen LogP contribution in [0.4, 0.5) is 4.39 Å². The maximum atomic E-state index is 13.0. The molecule has 1 aliphatic heterocycles. The minimum absolute atomic E-state index is 0.117. The number of hydrogen-bond donors (Lipinski definition) is 1. The zero-order chi connectivity index (χ0) is 9.97. The molecule has 1 saturated heterocycles. The van der Waals surface area contributed by atoms with Crippen LogP contribution in [-0.4, -0.2) is 13.1 Å². The molecule has 0 amide bonds. The number of halogens is 1. The van der Waals surface area contributed by atoms with Gasteiger partial charge in [0.15, 0.2) is 0 Å². The van der Waals surface area contributed by atoms with E-state index in [0.717, 1.165) is 25.1 Å². The maximum absolute atomic E-state index is 13.0. The minimum Gasteiger partial charge on any atom is -0.316 e. The van der Waals surface area contributed by atoms with Crippen molar-refractivity contribution in [2.75, 3.05) is 13.1 Å². The number of hydrogen-bond acceptors (Lipinski definition) is 1. The van der Waals surface area contributed by atoms with Crippen LogP contribution in [0.15, 0.2) is 24.3 Å². The molecule has 1 aliphatic rings. The van der Waals surface area contributed by atoms with Gasteiger partial charge in [-0.05, 0) is 49.0 Å². The minimum atomic E-state index is -0.117. The summed E-state index contributed by atoms with van der Waals surface area (Å²) in [5.74, 6) is 1.01. The first-order valence-corrected chi connectivity index (χ1v) is 5.23. The molecule has 14 heavy (non-hydrogen) atoms. The fourth-order valence-electron chi connectivity index (χ4n) is 2.25. The Hall–Kier alpha value is -0.890. The van der Waals surface area contributed by atoms with Crippen LogP contribution in [-0.2, 0) is 0 Å². The van der Waals surface area contributed by atoms with Gasteiger partial charge in [0.1, 0.15) is 5.82 Å². The van der Waals surface area contributed by atoms with Crippen LogP contribution in [0.5, 0.6) is 0 Å². The monoisotopic (exact) mass is 193 g/mol. The summed E-state index contributed by atoms with van der Waals surface area (Å²) in [5.41, 5.74) is 1.15. The number of nitrogens with one attached hydrogen (secondary N) is 1. The fraction of sp³-hybridized carbons (Fsp3) is 0.500. The molecule has 2 heteroatoms. The van der Waals surface area contributed by atoms with Crippen LogP contribution < -0.4 is 5.32 Å². The largest absolute Gasteiger partial charge is 0.316 e. The van der Waals surface area contributed by atoms with Crippen LogP contribution in [0.2, 0.25) is 0 Å². The molecule has 0 aromatic heterocycles. The molecule has 1 aromatic rings. The van der Waals surface area contributed by atoms with E-state index in [9.17, 15) is 4.39 Å². The van der Waals surface area contributed by atoms with Gasteiger partial charge in [-0.15, -0.1) is 0 Å². The molecule has 76 valence electrons. The summed E-state index contributed by atoms with van der Waals surface area (Å²) in [6, 6.07) is 7.02. The predicted octanol–water partition coefficient (Wildman–Crippen LogP) is 2.54. The summed E-state index contributed by atoms with van der Waals surface area (Å²) in [7, 11) is 0. The second-order valence-corrected chi connectivity index (χ2v) is 4.13. The van der Waals surface area contributed by atoms with Crippen molar-refractivity contribution >= 4 is 0 Å². The van der Waals surface area contributed by atoms with E-state index in [1.54, 1.807) is 12.1 Å². The van der Waals surface area contributed by atoms with Gasteiger partial charge in [-0.3, -0.25) is 0 Å². The first-order chi connectivity index (χ1) is 6.77. The quantitative estimate of drug-likeness (QED) is 0.722. The van der Waals surface area contributed by atoms with Gasteiger partial charge in [-0.2, -0.15) is 0 Å². The molecule has 1 nitrogen and oxygen atoms in total. The molecule has 2 atom stereocenters. The van der Waals surface area contributed by atoms with Crippen LogP contribution in [0.3, 0.4) is 0 Å². The zero-order valence-corrected chi connectivity index (χ0v) is 8.46. The highest BCUT2D eigenvalue weighted by atomic mass is 19.1. The van der Waals surface area contributed by atoms with Crippen molar-refractivity contribution in [1.29, 1.82) is 0 Å². The molecule has 0 spiro atoms. The third-order valence-electron chi connectivity index (χ3n) is 3.06. The highest BCUT2D eigenvalue weighted by molar-refractivity contribution is 5.22. The molecule has 1 aromatic carbocycles. The fourth-order valence-corrected chi connectivity index (χ4v) is 2.25. The Morgan fingerprint density at radius 3 is 3.00 bits per heavy atom. The standard InChI is InChI=1S/C12H16FN/c1-9-8-14-6-5-12(9)10-3-2-4-11(13)7-10/h2-4,7,9,12,14H,5-6,8H2,1H3. The molecular formula is C12H16FN. The highest BCUT2D eigenvalue weighted by Crippen LogP contribution is 2.29. The Balaban J connectivity index is 2.20. The average Bonchev–Trinajstić information content (AvgIpc) is 2.18. The average molecular weight is 193 g/mol. The highest BCUT2D eigenvalue weighted by Gasteiger charge is 2.22. The second-order valence-electron chi connectivity index (χ2n) is 4.13. The van der Waals surface area contributed by atoms with E-state index in [-0.39, 0.29) is 5.82 Å². The van der Waals surface area contributed by atoms with Gasteiger partial charge in [0.25, 0.3) is 0 Å². The van der Waals surface area contributed by atoms with Crippen LogP contribution >= 0.6 is 0 Å². The lowest BCUT2D eigenvalue weighted by Gasteiger charge is -2.29. The maximum Gasteiger partial charge on any atom is 0.123 e. The molecule has 1 fully saturated rings. The van der Waals surface area contributed by atoms with Crippen molar-refractivity contribution in [3.63, 3.8) is 0 Å². The first-order valence-electron chi connectivity index (χ1n) is 5.23. The Morgan fingerprint density at radius 2 is 2.29 bits per heavy atom. The molecule has 2 unspecified atom stereocenters. The molecule has 0 saturated carbocycles. The van der Waals surface area contributed by atoms with Crippen LogP contribution in [0, 0.1) is 11.7 Å². The van der Waals surface area contributed by atoms with E-state index in [1.165, 1.54) is 6.07 Å². The lowest BCUT2D eigenvalue weighted by Crippen LogP contribution is -2.33. The van der Waals surface area contributed by atoms with Gasteiger partial charge in [-0.1, -0.05) is 19.1 Å². The Kier molecular flexibility index (Phi) is 2.82. The Labute approximate surface area is 84.3 Å². The van der Waals surface area contributed by atoms with Gasteiger partial charge in [0.05, 0.1) is 0 Å². The van der Waals surface area contributed by atoms with E-state index >= 15 is 0 Å². The summed E-state index contributed by atoms with van der Waals surface area (Å²) in [6.45, 7) is 4.31. The summed E-state index contributed by atoms with van der Waals surface area (Å²) in [6.07, 6.45) is 1.12. The molecule has 0 radical (unpaired) electrons. The molecule has 1 N–H and O–H groups in total. The molecule has 0 aliphatic carbocycles. The van der Waals surface area contributed by atoms with Crippen molar-refractivity contribution in [3.05, 3.63) is 35.6 Å². The van der Waals surface area contributed by atoms with Crippen molar-refractivity contribution in [2.45, 2.75) is 19.3 Å². The van der Waals surface area contributed by atoms with Gasteiger partial charge in [-0.25, -0.2) is 4.39 Å². The summed E-state index contributed by atoms with van der Waals surface area (Å²) in [4.78, 5) is 0. The molecule has 1 heterocycles. The summed E-state index contributed by atoms with van der Waals surface area (Å²) in [5, 5.41) is 3.36. The first kappa shape index (κ1) is 9.66. The zero-order valence-electron chi connectivity index (χ0n) is 8.46.